The molecule has 0 spiro atoms. The summed E-state index contributed by atoms with van der Waals surface area (Å²) in [5.41, 5.74) is 7.13. The molecule has 0 saturated heterocycles. The molecule has 0 heterocycles. The molecule has 0 aromatic heterocycles. The summed E-state index contributed by atoms with van der Waals surface area (Å²) in [5, 5.41) is 3.46. The zero-order valence-corrected chi connectivity index (χ0v) is 15.4. The van der Waals surface area contributed by atoms with E-state index in [1.165, 1.54) is 22.3 Å². The monoisotopic (exact) mass is 329 g/mol. The Bertz CT molecular complexity index is 771. The van der Waals surface area contributed by atoms with Gasteiger partial charge in [0.05, 0.1) is 0 Å². The zero-order chi connectivity index (χ0) is 18.1. The van der Waals surface area contributed by atoms with Crippen LogP contribution >= 0.6 is 0 Å². The van der Waals surface area contributed by atoms with Crippen molar-refractivity contribution in [3.63, 3.8) is 0 Å². The molecule has 0 saturated carbocycles. The van der Waals surface area contributed by atoms with Crippen molar-refractivity contribution in [2.75, 3.05) is 6.54 Å². The van der Waals surface area contributed by atoms with Crippen LogP contribution in [0.4, 0.5) is 0 Å². The highest BCUT2D eigenvalue weighted by molar-refractivity contribution is 5.77. The van der Waals surface area contributed by atoms with Gasteiger partial charge in [0.1, 0.15) is 0 Å². The molecule has 2 aromatic rings. The molecule has 25 heavy (non-hydrogen) atoms. The number of allylic oxidation sites excluding steroid dienone is 5. The highest BCUT2D eigenvalue weighted by atomic mass is 14.9. The third kappa shape index (κ3) is 5.36. The summed E-state index contributed by atoms with van der Waals surface area (Å²) in [7, 11) is 0. The topological polar surface area (TPSA) is 12.0 Å². The van der Waals surface area contributed by atoms with E-state index >= 15 is 0 Å². The minimum absolute atomic E-state index is 0.824. The van der Waals surface area contributed by atoms with E-state index in [1.807, 2.05) is 19.1 Å². The first-order valence-corrected chi connectivity index (χ1v) is 8.68. The lowest BCUT2D eigenvalue weighted by Gasteiger charge is -2.11. The second kappa shape index (κ2) is 9.48. The summed E-state index contributed by atoms with van der Waals surface area (Å²) in [5.74, 6) is 0. The van der Waals surface area contributed by atoms with Crippen molar-refractivity contribution in [2.24, 2.45) is 0 Å². The third-order valence-corrected chi connectivity index (χ3v) is 4.03. The van der Waals surface area contributed by atoms with E-state index in [1.54, 1.807) is 0 Å². The molecule has 1 heteroatoms. The van der Waals surface area contributed by atoms with Gasteiger partial charge in [-0.2, -0.15) is 0 Å². The van der Waals surface area contributed by atoms with Crippen molar-refractivity contribution in [3.8, 4) is 11.1 Å². The van der Waals surface area contributed by atoms with Crippen LogP contribution in [0, 0.1) is 0 Å². The Morgan fingerprint density at radius 3 is 2.16 bits per heavy atom. The van der Waals surface area contributed by atoms with E-state index in [2.05, 4.69) is 92.5 Å². The predicted molar refractivity (Wildman–Crippen MR) is 111 cm³/mol. The maximum absolute atomic E-state index is 3.99. The Balaban J connectivity index is 2.27. The maximum atomic E-state index is 3.99. The Hall–Kier alpha value is -2.80. The van der Waals surface area contributed by atoms with Crippen molar-refractivity contribution in [2.45, 2.75) is 20.8 Å². The minimum atomic E-state index is 0.824. The molecular formula is C24H27N. The SMILES string of the molecule is C=C/C(=C\C(NC/C=C\C)=C(C)C)c1ccc(-c2ccccc2)cc1. The van der Waals surface area contributed by atoms with Crippen LogP contribution in [0.3, 0.4) is 0 Å². The summed E-state index contributed by atoms with van der Waals surface area (Å²) in [4.78, 5) is 0. The quantitative estimate of drug-likeness (QED) is 0.459. The van der Waals surface area contributed by atoms with Gasteiger partial charge in [0.2, 0.25) is 0 Å². The van der Waals surface area contributed by atoms with E-state index in [9.17, 15) is 0 Å². The number of hydrogen-bond acceptors (Lipinski definition) is 1. The largest absolute Gasteiger partial charge is 0.382 e. The maximum Gasteiger partial charge on any atom is 0.0335 e. The summed E-state index contributed by atoms with van der Waals surface area (Å²) in [6.07, 6.45) is 8.25. The molecule has 0 amide bonds. The fourth-order valence-electron chi connectivity index (χ4n) is 2.56. The van der Waals surface area contributed by atoms with Crippen LogP contribution in [0.5, 0.6) is 0 Å². The molecular weight excluding hydrogens is 302 g/mol. The zero-order valence-electron chi connectivity index (χ0n) is 15.4. The van der Waals surface area contributed by atoms with Gasteiger partial charge >= 0.3 is 0 Å². The Morgan fingerprint density at radius 1 is 0.960 bits per heavy atom. The third-order valence-electron chi connectivity index (χ3n) is 4.03. The van der Waals surface area contributed by atoms with Gasteiger partial charge in [-0.15, -0.1) is 0 Å². The van der Waals surface area contributed by atoms with E-state index < -0.39 is 0 Å². The van der Waals surface area contributed by atoms with Crippen LogP contribution in [-0.2, 0) is 0 Å². The van der Waals surface area contributed by atoms with Gasteiger partial charge in [-0.3, -0.25) is 0 Å². The lowest BCUT2D eigenvalue weighted by Crippen LogP contribution is -2.13. The standard InChI is InChI=1S/C24H27N/c1-5-7-17-25-24(19(3)4)18-20(6-2)22-13-15-23(16-14-22)21-11-9-8-10-12-21/h5-16,18,25H,2,17H2,1,3-4H3/b7-5-,20-18+. The predicted octanol–water partition coefficient (Wildman–Crippen LogP) is 6.38. The molecule has 2 aromatic carbocycles. The molecule has 0 unspecified atom stereocenters. The Labute approximate surface area is 152 Å². The molecule has 0 aliphatic heterocycles. The van der Waals surface area contributed by atoms with Gasteiger partial charge in [-0.25, -0.2) is 0 Å². The number of hydrogen-bond donors (Lipinski definition) is 1. The highest BCUT2D eigenvalue weighted by Gasteiger charge is 2.02. The molecule has 0 bridgehead atoms. The van der Waals surface area contributed by atoms with Crippen LogP contribution in [0.1, 0.15) is 26.3 Å². The molecule has 0 radical (unpaired) electrons. The normalized spacial score (nSPS) is 11.4. The van der Waals surface area contributed by atoms with Crippen molar-refractivity contribution < 1.29 is 0 Å². The Morgan fingerprint density at radius 2 is 1.60 bits per heavy atom. The lowest BCUT2D eigenvalue weighted by atomic mass is 9.99. The average molecular weight is 329 g/mol. The molecule has 0 atom stereocenters. The first-order valence-electron chi connectivity index (χ1n) is 8.68. The second-order valence-corrected chi connectivity index (χ2v) is 6.11. The number of rotatable bonds is 7. The average Bonchev–Trinajstić information content (AvgIpc) is 2.65. The molecule has 0 aliphatic rings. The molecule has 0 aliphatic carbocycles. The first-order chi connectivity index (χ1) is 12.2. The smallest absolute Gasteiger partial charge is 0.0335 e. The van der Waals surface area contributed by atoms with Gasteiger partial charge < -0.3 is 5.32 Å². The van der Waals surface area contributed by atoms with E-state index in [4.69, 9.17) is 0 Å². The van der Waals surface area contributed by atoms with E-state index in [-0.39, 0.29) is 0 Å². The van der Waals surface area contributed by atoms with Crippen LogP contribution in [-0.4, -0.2) is 6.54 Å². The van der Waals surface area contributed by atoms with E-state index in [0.717, 1.165) is 17.8 Å². The fourth-order valence-corrected chi connectivity index (χ4v) is 2.56. The second-order valence-electron chi connectivity index (χ2n) is 6.11. The van der Waals surface area contributed by atoms with Gasteiger partial charge in [0.15, 0.2) is 0 Å². The molecule has 2 rings (SSSR count). The van der Waals surface area contributed by atoms with Crippen LogP contribution < -0.4 is 5.32 Å². The van der Waals surface area contributed by atoms with E-state index in [0.29, 0.717) is 0 Å². The molecule has 1 nitrogen and oxygen atoms in total. The van der Waals surface area contributed by atoms with Crippen LogP contribution in [0.25, 0.3) is 16.7 Å². The van der Waals surface area contributed by atoms with Crippen molar-refractivity contribution in [3.05, 3.63) is 102 Å². The van der Waals surface area contributed by atoms with Gasteiger partial charge in [-0.05, 0) is 49.1 Å². The van der Waals surface area contributed by atoms with Gasteiger partial charge in [-0.1, -0.05) is 85.0 Å². The summed E-state index contributed by atoms with van der Waals surface area (Å²) in [6, 6.07) is 19.1. The van der Waals surface area contributed by atoms with Crippen molar-refractivity contribution >= 4 is 5.57 Å². The number of nitrogens with one attached hydrogen (secondary N) is 1. The fraction of sp³-hybridized carbons (Fsp3) is 0.167. The summed E-state index contributed by atoms with van der Waals surface area (Å²) in [6.45, 7) is 11.1. The van der Waals surface area contributed by atoms with Crippen LogP contribution in [0.2, 0.25) is 0 Å². The molecule has 1 N–H and O–H groups in total. The molecule has 128 valence electrons. The Kier molecular flexibility index (Phi) is 7.03. The minimum Gasteiger partial charge on any atom is -0.382 e. The van der Waals surface area contributed by atoms with Gasteiger partial charge in [0, 0.05) is 12.2 Å². The number of benzene rings is 2. The summed E-state index contributed by atoms with van der Waals surface area (Å²) < 4.78 is 0. The molecule has 0 fully saturated rings. The highest BCUT2D eigenvalue weighted by Crippen LogP contribution is 2.24. The summed E-state index contributed by atoms with van der Waals surface area (Å²) >= 11 is 0. The van der Waals surface area contributed by atoms with Gasteiger partial charge in [0.25, 0.3) is 0 Å². The lowest BCUT2D eigenvalue weighted by molar-refractivity contribution is 0.914. The van der Waals surface area contributed by atoms with Crippen LogP contribution in [0.15, 0.2) is 96.8 Å². The van der Waals surface area contributed by atoms with Crippen molar-refractivity contribution in [1.29, 1.82) is 0 Å². The van der Waals surface area contributed by atoms with Crippen molar-refractivity contribution in [1.82, 2.24) is 5.32 Å². The first kappa shape index (κ1) is 18.5.